The molecule has 1 unspecified atom stereocenters. The minimum Gasteiger partial charge on any atom is -0.494 e. The number of ether oxygens (including phenoxy) is 2. The maximum absolute atomic E-state index is 13.7. The largest absolute Gasteiger partial charge is 0.494 e. The number of carboxylic acid groups (broad SMARTS) is 1. The second kappa shape index (κ2) is 9.56. The first kappa shape index (κ1) is 20.2. The molecular formula is C20H22FNO5. The first-order valence-electron chi connectivity index (χ1n) is 8.45. The van der Waals surface area contributed by atoms with Gasteiger partial charge in [-0.05, 0) is 48.7 Å². The van der Waals surface area contributed by atoms with Gasteiger partial charge in [-0.3, -0.25) is 4.79 Å². The van der Waals surface area contributed by atoms with Crippen molar-refractivity contribution in [2.75, 3.05) is 13.7 Å². The summed E-state index contributed by atoms with van der Waals surface area (Å²) >= 11 is 0. The molecule has 0 saturated heterocycles. The van der Waals surface area contributed by atoms with Crippen LogP contribution in [0.2, 0.25) is 0 Å². The Kier molecular flexibility index (Phi) is 7.16. The average molecular weight is 375 g/mol. The van der Waals surface area contributed by atoms with Crippen LogP contribution in [0.4, 0.5) is 4.39 Å². The van der Waals surface area contributed by atoms with Gasteiger partial charge in [-0.15, -0.1) is 0 Å². The summed E-state index contributed by atoms with van der Waals surface area (Å²) in [6.07, 6.45) is 0.650. The van der Waals surface area contributed by atoms with Crippen molar-refractivity contribution >= 4 is 11.9 Å². The SMILES string of the molecule is COc1ccc(CCC(=O)NC(C)c2ccc(OCC(=O)O)cc2)cc1F. The maximum atomic E-state index is 13.7. The van der Waals surface area contributed by atoms with E-state index < -0.39 is 18.4 Å². The lowest BCUT2D eigenvalue weighted by molar-refractivity contribution is -0.139. The van der Waals surface area contributed by atoms with Gasteiger partial charge in [-0.2, -0.15) is 0 Å². The topological polar surface area (TPSA) is 84.9 Å². The van der Waals surface area contributed by atoms with Crippen molar-refractivity contribution in [2.24, 2.45) is 0 Å². The van der Waals surface area contributed by atoms with Gasteiger partial charge in [-0.1, -0.05) is 18.2 Å². The Hall–Kier alpha value is -3.09. The molecule has 0 radical (unpaired) electrons. The van der Waals surface area contributed by atoms with Gasteiger partial charge in [0, 0.05) is 6.42 Å². The summed E-state index contributed by atoms with van der Waals surface area (Å²) < 4.78 is 23.6. The molecule has 0 bridgehead atoms. The van der Waals surface area contributed by atoms with Crippen LogP contribution in [0.1, 0.15) is 30.5 Å². The molecule has 2 rings (SSSR count). The molecule has 7 heteroatoms. The van der Waals surface area contributed by atoms with E-state index in [0.717, 1.165) is 11.1 Å². The number of aliphatic carboxylic acids is 1. The number of carbonyl (C=O) groups is 2. The zero-order valence-corrected chi connectivity index (χ0v) is 15.2. The molecule has 144 valence electrons. The van der Waals surface area contributed by atoms with Crippen LogP contribution in [0.5, 0.6) is 11.5 Å². The number of aryl methyl sites for hydroxylation is 1. The van der Waals surface area contributed by atoms with E-state index in [1.807, 2.05) is 6.92 Å². The molecule has 2 aromatic carbocycles. The third-order valence-electron chi connectivity index (χ3n) is 3.98. The van der Waals surface area contributed by atoms with Crippen molar-refractivity contribution in [3.05, 3.63) is 59.4 Å². The Morgan fingerprint density at radius 2 is 1.89 bits per heavy atom. The average Bonchev–Trinajstić information content (AvgIpc) is 2.65. The van der Waals surface area contributed by atoms with Crippen LogP contribution in [-0.4, -0.2) is 30.7 Å². The third kappa shape index (κ3) is 6.29. The molecule has 6 nitrogen and oxygen atoms in total. The molecule has 0 aromatic heterocycles. The van der Waals surface area contributed by atoms with Crippen molar-refractivity contribution in [3.8, 4) is 11.5 Å². The fourth-order valence-corrected chi connectivity index (χ4v) is 2.52. The van der Waals surface area contributed by atoms with Crippen LogP contribution in [0.15, 0.2) is 42.5 Å². The summed E-state index contributed by atoms with van der Waals surface area (Å²) in [5.74, 6) is -1.02. The van der Waals surface area contributed by atoms with Crippen molar-refractivity contribution in [2.45, 2.75) is 25.8 Å². The van der Waals surface area contributed by atoms with Gasteiger partial charge in [-0.25, -0.2) is 9.18 Å². The lowest BCUT2D eigenvalue weighted by Crippen LogP contribution is -2.26. The van der Waals surface area contributed by atoms with Crippen LogP contribution in [0.25, 0.3) is 0 Å². The zero-order valence-electron chi connectivity index (χ0n) is 15.2. The van der Waals surface area contributed by atoms with Crippen molar-refractivity contribution in [1.29, 1.82) is 0 Å². The predicted molar refractivity (Wildman–Crippen MR) is 97.4 cm³/mol. The number of hydrogen-bond acceptors (Lipinski definition) is 4. The third-order valence-corrected chi connectivity index (χ3v) is 3.98. The van der Waals surface area contributed by atoms with Gasteiger partial charge in [0.25, 0.3) is 0 Å². The molecule has 0 saturated carbocycles. The fraction of sp³-hybridized carbons (Fsp3) is 0.300. The van der Waals surface area contributed by atoms with E-state index in [4.69, 9.17) is 14.6 Å². The van der Waals surface area contributed by atoms with Crippen LogP contribution in [-0.2, 0) is 16.0 Å². The number of rotatable bonds is 9. The summed E-state index contributed by atoms with van der Waals surface area (Å²) in [6.45, 7) is 1.44. The summed E-state index contributed by atoms with van der Waals surface area (Å²) in [4.78, 5) is 22.6. The summed E-state index contributed by atoms with van der Waals surface area (Å²) in [7, 11) is 1.40. The van der Waals surface area contributed by atoms with Crippen LogP contribution in [0.3, 0.4) is 0 Å². The van der Waals surface area contributed by atoms with Crippen molar-refractivity contribution in [1.82, 2.24) is 5.32 Å². The molecule has 0 spiro atoms. The highest BCUT2D eigenvalue weighted by molar-refractivity contribution is 5.76. The summed E-state index contributed by atoms with van der Waals surface area (Å²) in [6, 6.07) is 11.3. The van der Waals surface area contributed by atoms with Crippen LogP contribution < -0.4 is 14.8 Å². The van der Waals surface area contributed by atoms with E-state index in [1.165, 1.54) is 13.2 Å². The molecule has 0 fully saturated rings. The Balaban J connectivity index is 1.84. The van der Waals surface area contributed by atoms with Gasteiger partial charge >= 0.3 is 5.97 Å². The van der Waals surface area contributed by atoms with Crippen molar-refractivity contribution < 1.29 is 28.6 Å². The van der Waals surface area contributed by atoms with E-state index in [1.54, 1.807) is 36.4 Å². The lowest BCUT2D eigenvalue weighted by Gasteiger charge is -2.15. The number of benzene rings is 2. The molecule has 0 aliphatic heterocycles. The van der Waals surface area contributed by atoms with E-state index >= 15 is 0 Å². The highest BCUT2D eigenvalue weighted by atomic mass is 19.1. The van der Waals surface area contributed by atoms with Gasteiger partial charge in [0.1, 0.15) is 5.75 Å². The molecule has 0 aliphatic carbocycles. The maximum Gasteiger partial charge on any atom is 0.341 e. The van der Waals surface area contributed by atoms with Gasteiger partial charge in [0.15, 0.2) is 18.2 Å². The number of nitrogens with one attached hydrogen (secondary N) is 1. The number of carbonyl (C=O) groups excluding carboxylic acids is 1. The number of carboxylic acids is 1. The predicted octanol–water partition coefficient (Wildman–Crippen LogP) is 3.11. The number of amides is 1. The molecule has 2 N–H and O–H groups in total. The quantitative estimate of drug-likeness (QED) is 0.703. The lowest BCUT2D eigenvalue weighted by atomic mass is 10.1. The van der Waals surface area contributed by atoms with E-state index in [9.17, 15) is 14.0 Å². The first-order valence-corrected chi connectivity index (χ1v) is 8.45. The Morgan fingerprint density at radius 1 is 1.19 bits per heavy atom. The number of hydrogen-bond donors (Lipinski definition) is 2. The fourth-order valence-electron chi connectivity index (χ4n) is 2.52. The minimum absolute atomic E-state index is 0.148. The highest BCUT2D eigenvalue weighted by Crippen LogP contribution is 2.20. The van der Waals surface area contributed by atoms with Crippen LogP contribution in [0, 0.1) is 5.82 Å². The molecule has 1 amide bonds. The summed E-state index contributed by atoms with van der Waals surface area (Å²) in [5.41, 5.74) is 1.58. The minimum atomic E-state index is -1.04. The Labute approximate surface area is 156 Å². The number of methoxy groups -OCH3 is 1. The normalized spacial score (nSPS) is 11.5. The standard InChI is InChI=1S/C20H22FNO5/c1-13(15-5-7-16(8-6-15)27-12-20(24)25)22-19(23)10-4-14-3-9-18(26-2)17(21)11-14/h3,5-9,11,13H,4,10,12H2,1-2H3,(H,22,23)(H,24,25). The van der Waals surface area contributed by atoms with E-state index in [0.29, 0.717) is 12.2 Å². The van der Waals surface area contributed by atoms with E-state index in [2.05, 4.69) is 5.32 Å². The summed E-state index contributed by atoms with van der Waals surface area (Å²) in [5, 5.41) is 11.5. The van der Waals surface area contributed by atoms with Gasteiger partial charge < -0.3 is 19.9 Å². The van der Waals surface area contributed by atoms with Gasteiger partial charge in [0.05, 0.1) is 13.2 Å². The molecule has 1 atom stereocenters. The second-order valence-corrected chi connectivity index (χ2v) is 6.01. The van der Waals surface area contributed by atoms with Crippen molar-refractivity contribution in [3.63, 3.8) is 0 Å². The molecule has 27 heavy (non-hydrogen) atoms. The molecular weight excluding hydrogens is 353 g/mol. The monoisotopic (exact) mass is 375 g/mol. The Bertz CT molecular complexity index is 791. The number of halogens is 1. The van der Waals surface area contributed by atoms with Gasteiger partial charge in [0.2, 0.25) is 5.91 Å². The second-order valence-electron chi connectivity index (χ2n) is 6.01. The Morgan fingerprint density at radius 3 is 2.48 bits per heavy atom. The molecule has 0 aliphatic rings. The smallest absolute Gasteiger partial charge is 0.341 e. The first-order chi connectivity index (χ1) is 12.9. The molecule has 0 heterocycles. The van der Waals surface area contributed by atoms with Crippen LogP contribution >= 0.6 is 0 Å². The highest BCUT2D eigenvalue weighted by Gasteiger charge is 2.11. The zero-order chi connectivity index (χ0) is 19.8. The van der Waals surface area contributed by atoms with E-state index in [-0.39, 0.29) is 24.1 Å². The molecule has 2 aromatic rings.